The molecule has 0 radical (unpaired) electrons. The minimum atomic E-state index is 0.246. The Kier molecular flexibility index (Phi) is 2.84. The Balaban J connectivity index is 2.02. The van der Waals surface area contributed by atoms with Crippen LogP contribution in [0.4, 0.5) is 5.69 Å². The normalized spacial score (nSPS) is 16.9. The van der Waals surface area contributed by atoms with E-state index in [9.17, 15) is 0 Å². The van der Waals surface area contributed by atoms with E-state index in [1.165, 1.54) is 22.5 Å². The van der Waals surface area contributed by atoms with Crippen LogP contribution in [-0.2, 0) is 0 Å². The monoisotopic (exact) mass is 242 g/mol. The van der Waals surface area contributed by atoms with E-state index in [2.05, 4.69) is 53.3 Å². The van der Waals surface area contributed by atoms with E-state index in [0.29, 0.717) is 0 Å². The third-order valence-corrected chi connectivity index (χ3v) is 3.52. The molecule has 18 heavy (non-hydrogen) atoms. The quantitative estimate of drug-likeness (QED) is 0.867. The van der Waals surface area contributed by atoms with Gasteiger partial charge in [-0.05, 0) is 44.0 Å². The molecule has 1 aliphatic heterocycles. The lowest BCUT2D eigenvalue weighted by atomic mass is 10.0. The molecule has 0 bridgehead atoms. The molecule has 3 nitrogen and oxygen atoms in total. The molecular formula is C15H18N2O. The van der Waals surface area contributed by atoms with Crippen LogP contribution in [0, 0.1) is 6.92 Å². The van der Waals surface area contributed by atoms with Gasteiger partial charge in [-0.25, -0.2) is 0 Å². The molecule has 1 aromatic heterocycles. The van der Waals surface area contributed by atoms with Crippen LogP contribution in [0.1, 0.15) is 24.6 Å². The largest absolute Gasteiger partial charge is 0.396 e. The number of aryl methyl sites for hydroxylation is 1. The van der Waals surface area contributed by atoms with Gasteiger partial charge in [-0.3, -0.25) is 0 Å². The molecule has 3 rings (SSSR count). The number of aliphatic hydroxyl groups excluding tert-OH is 1. The van der Waals surface area contributed by atoms with E-state index in [-0.39, 0.29) is 12.8 Å². The van der Waals surface area contributed by atoms with Crippen LogP contribution >= 0.6 is 0 Å². The topological polar surface area (TPSA) is 37.2 Å². The summed E-state index contributed by atoms with van der Waals surface area (Å²) in [4.78, 5) is 0. The average Bonchev–Trinajstić information content (AvgIpc) is 2.86. The van der Waals surface area contributed by atoms with Crippen LogP contribution < -0.4 is 5.32 Å². The zero-order chi connectivity index (χ0) is 12.5. The third-order valence-electron chi connectivity index (χ3n) is 3.52. The van der Waals surface area contributed by atoms with Gasteiger partial charge < -0.3 is 15.0 Å². The summed E-state index contributed by atoms with van der Waals surface area (Å²) in [5.74, 6) is 0. The predicted octanol–water partition coefficient (Wildman–Crippen LogP) is 3.16. The molecule has 1 aliphatic rings. The number of benzene rings is 1. The van der Waals surface area contributed by atoms with Gasteiger partial charge >= 0.3 is 0 Å². The van der Waals surface area contributed by atoms with Gasteiger partial charge in [-0.15, -0.1) is 0 Å². The fraction of sp³-hybridized carbons (Fsp3) is 0.333. The van der Waals surface area contributed by atoms with Crippen LogP contribution in [0.15, 0.2) is 36.5 Å². The summed E-state index contributed by atoms with van der Waals surface area (Å²) < 4.78 is 2.26. The molecule has 1 aromatic carbocycles. The van der Waals surface area contributed by atoms with E-state index in [4.69, 9.17) is 5.11 Å². The van der Waals surface area contributed by atoms with Crippen molar-refractivity contribution in [1.29, 1.82) is 0 Å². The molecule has 94 valence electrons. The van der Waals surface area contributed by atoms with Crippen molar-refractivity contribution in [2.75, 3.05) is 11.9 Å². The van der Waals surface area contributed by atoms with Crippen molar-refractivity contribution >= 4 is 5.69 Å². The highest BCUT2D eigenvalue weighted by Gasteiger charge is 2.22. The van der Waals surface area contributed by atoms with Crippen LogP contribution in [0.3, 0.4) is 0 Å². The first-order valence-corrected chi connectivity index (χ1v) is 6.45. The number of hydrogen-bond donors (Lipinski definition) is 2. The highest BCUT2D eigenvalue weighted by Crippen LogP contribution is 2.38. The van der Waals surface area contributed by atoms with Gasteiger partial charge in [-0.2, -0.15) is 0 Å². The lowest BCUT2D eigenvalue weighted by Gasteiger charge is -2.30. The lowest BCUT2D eigenvalue weighted by molar-refractivity contribution is 0.275. The van der Waals surface area contributed by atoms with Crippen molar-refractivity contribution in [3.63, 3.8) is 0 Å². The van der Waals surface area contributed by atoms with Crippen molar-refractivity contribution in [2.24, 2.45) is 0 Å². The molecule has 0 amide bonds. The fourth-order valence-electron chi connectivity index (χ4n) is 2.63. The maximum Gasteiger partial charge on any atom is 0.103 e. The van der Waals surface area contributed by atoms with Crippen molar-refractivity contribution in [1.82, 2.24) is 4.57 Å². The van der Waals surface area contributed by atoms with Gasteiger partial charge in [0.15, 0.2) is 0 Å². The van der Waals surface area contributed by atoms with Crippen LogP contribution in [0.2, 0.25) is 0 Å². The number of aliphatic hydroxyl groups is 1. The first-order chi connectivity index (χ1) is 8.79. The Morgan fingerprint density at radius 3 is 3.06 bits per heavy atom. The molecular weight excluding hydrogens is 224 g/mol. The number of aromatic nitrogens is 1. The van der Waals surface area contributed by atoms with Crippen molar-refractivity contribution in [2.45, 2.75) is 25.9 Å². The molecule has 0 saturated carbocycles. The standard InChI is InChI=1S/C15H18N2O/c1-11-6-7-13-12(10-11)14-4-2-8-17(14)15(16-13)5-3-9-18/h2,4,6-8,10,15-16,18H,3,5,9H2,1H3. The lowest BCUT2D eigenvalue weighted by Crippen LogP contribution is -2.23. The molecule has 2 N–H and O–H groups in total. The Morgan fingerprint density at radius 2 is 2.22 bits per heavy atom. The third kappa shape index (κ3) is 1.81. The first-order valence-electron chi connectivity index (χ1n) is 6.45. The molecule has 0 fully saturated rings. The minimum absolute atomic E-state index is 0.246. The Morgan fingerprint density at radius 1 is 1.33 bits per heavy atom. The highest BCUT2D eigenvalue weighted by atomic mass is 16.2. The number of nitrogens with zero attached hydrogens (tertiary/aromatic N) is 1. The van der Waals surface area contributed by atoms with Crippen molar-refractivity contribution < 1.29 is 5.11 Å². The Hall–Kier alpha value is -1.74. The molecule has 3 heteroatoms. The summed E-state index contributed by atoms with van der Waals surface area (Å²) in [6.45, 7) is 2.36. The molecule has 0 spiro atoms. The number of hydrogen-bond acceptors (Lipinski definition) is 2. The van der Waals surface area contributed by atoms with Crippen molar-refractivity contribution in [3.05, 3.63) is 42.1 Å². The maximum atomic E-state index is 8.99. The predicted molar refractivity (Wildman–Crippen MR) is 73.6 cm³/mol. The number of nitrogens with one attached hydrogen (secondary N) is 1. The van der Waals surface area contributed by atoms with Crippen molar-refractivity contribution in [3.8, 4) is 11.3 Å². The second kappa shape index (κ2) is 4.50. The number of anilines is 1. The number of rotatable bonds is 3. The van der Waals surface area contributed by atoms with Crippen LogP contribution in [-0.4, -0.2) is 16.3 Å². The zero-order valence-electron chi connectivity index (χ0n) is 10.6. The summed E-state index contributed by atoms with van der Waals surface area (Å²) in [5.41, 5.74) is 4.99. The Labute approximate surface area is 107 Å². The van der Waals surface area contributed by atoms with E-state index in [1.807, 2.05) is 0 Å². The molecule has 2 aromatic rings. The molecule has 2 heterocycles. The van der Waals surface area contributed by atoms with E-state index in [1.54, 1.807) is 0 Å². The van der Waals surface area contributed by atoms with E-state index >= 15 is 0 Å². The van der Waals surface area contributed by atoms with E-state index < -0.39 is 0 Å². The maximum absolute atomic E-state index is 8.99. The fourth-order valence-corrected chi connectivity index (χ4v) is 2.63. The molecule has 1 unspecified atom stereocenters. The summed E-state index contributed by atoms with van der Waals surface area (Å²) in [5, 5.41) is 12.5. The highest BCUT2D eigenvalue weighted by molar-refractivity contribution is 5.78. The Bertz CT molecular complexity index is 559. The van der Waals surface area contributed by atoms with E-state index in [0.717, 1.165) is 12.8 Å². The van der Waals surface area contributed by atoms with Gasteiger partial charge in [-0.1, -0.05) is 11.6 Å². The number of fused-ring (bicyclic) bond motifs is 3. The van der Waals surface area contributed by atoms with Gasteiger partial charge in [0, 0.05) is 24.1 Å². The van der Waals surface area contributed by atoms with Gasteiger partial charge in [0.1, 0.15) is 6.17 Å². The summed E-state index contributed by atoms with van der Waals surface area (Å²) in [6.07, 6.45) is 4.11. The summed E-state index contributed by atoms with van der Waals surface area (Å²) in [6, 6.07) is 10.7. The van der Waals surface area contributed by atoms with Gasteiger partial charge in [0.2, 0.25) is 0 Å². The molecule has 0 aliphatic carbocycles. The van der Waals surface area contributed by atoms with Crippen LogP contribution in [0.25, 0.3) is 11.3 Å². The van der Waals surface area contributed by atoms with Gasteiger partial charge in [0.05, 0.1) is 5.69 Å². The van der Waals surface area contributed by atoms with Gasteiger partial charge in [0.25, 0.3) is 0 Å². The SMILES string of the molecule is Cc1ccc2c(c1)-c1cccn1C(CCCO)N2. The summed E-state index contributed by atoms with van der Waals surface area (Å²) >= 11 is 0. The minimum Gasteiger partial charge on any atom is -0.396 e. The van der Waals surface area contributed by atoms with Crippen LogP contribution in [0.5, 0.6) is 0 Å². The average molecular weight is 242 g/mol. The molecule has 1 atom stereocenters. The zero-order valence-corrected chi connectivity index (χ0v) is 10.6. The second-order valence-electron chi connectivity index (χ2n) is 4.88. The molecule has 0 saturated heterocycles. The first kappa shape index (κ1) is 11.4. The summed E-state index contributed by atoms with van der Waals surface area (Å²) in [7, 11) is 0. The smallest absolute Gasteiger partial charge is 0.103 e. The second-order valence-corrected chi connectivity index (χ2v) is 4.88.